The lowest BCUT2D eigenvalue weighted by Crippen LogP contribution is -2.46. The van der Waals surface area contributed by atoms with Gasteiger partial charge in [-0.2, -0.15) is 0 Å². The molecule has 1 aromatic carbocycles. The minimum Gasteiger partial charge on any atom is -0.504 e. The summed E-state index contributed by atoms with van der Waals surface area (Å²) in [5.41, 5.74) is 0.138. The number of phenols is 1. The molecule has 0 aliphatic carbocycles. The molecule has 1 atom stereocenters. The van der Waals surface area contributed by atoms with E-state index >= 15 is 0 Å². The van der Waals surface area contributed by atoms with Crippen molar-refractivity contribution in [3.63, 3.8) is 0 Å². The SMILES string of the molecule is COc1cc([N+](=O)[O-])cc([C@H](CO)N2CCNCC2)c1O. The lowest BCUT2D eigenvalue weighted by Gasteiger charge is -2.34. The van der Waals surface area contributed by atoms with Crippen molar-refractivity contribution in [3.8, 4) is 11.5 Å². The highest BCUT2D eigenvalue weighted by molar-refractivity contribution is 5.54. The number of non-ortho nitro benzene ring substituents is 1. The first-order valence-corrected chi connectivity index (χ1v) is 6.69. The van der Waals surface area contributed by atoms with E-state index in [1.54, 1.807) is 0 Å². The number of nitro benzene ring substituents is 1. The van der Waals surface area contributed by atoms with E-state index in [2.05, 4.69) is 5.32 Å². The third-order valence-corrected chi connectivity index (χ3v) is 3.64. The Morgan fingerprint density at radius 2 is 2.14 bits per heavy atom. The summed E-state index contributed by atoms with van der Waals surface area (Å²) in [6.45, 7) is 2.68. The van der Waals surface area contributed by atoms with Gasteiger partial charge in [0.15, 0.2) is 11.5 Å². The van der Waals surface area contributed by atoms with Crippen LogP contribution in [0.2, 0.25) is 0 Å². The molecule has 1 aliphatic heterocycles. The highest BCUT2D eigenvalue weighted by Crippen LogP contribution is 2.39. The molecule has 2 rings (SSSR count). The highest BCUT2D eigenvalue weighted by atomic mass is 16.6. The third-order valence-electron chi connectivity index (χ3n) is 3.64. The first-order valence-electron chi connectivity index (χ1n) is 6.69. The van der Waals surface area contributed by atoms with E-state index in [9.17, 15) is 20.3 Å². The predicted molar refractivity (Wildman–Crippen MR) is 75.6 cm³/mol. The van der Waals surface area contributed by atoms with Gasteiger partial charge in [-0.3, -0.25) is 15.0 Å². The minimum atomic E-state index is -0.544. The Morgan fingerprint density at radius 3 is 2.67 bits per heavy atom. The monoisotopic (exact) mass is 297 g/mol. The van der Waals surface area contributed by atoms with Gasteiger partial charge >= 0.3 is 0 Å². The van der Waals surface area contributed by atoms with Gasteiger partial charge in [-0.15, -0.1) is 0 Å². The molecule has 1 saturated heterocycles. The van der Waals surface area contributed by atoms with Gasteiger partial charge in [-0.25, -0.2) is 0 Å². The number of phenolic OH excluding ortho intramolecular Hbond substituents is 1. The van der Waals surface area contributed by atoms with E-state index in [4.69, 9.17) is 4.74 Å². The molecule has 8 heteroatoms. The molecule has 8 nitrogen and oxygen atoms in total. The van der Waals surface area contributed by atoms with Crippen LogP contribution >= 0.6 is 0 Å². The number of hydrogen-bond donors (Lipinski definition) is 3. The van der Waals surface area contributed by atoms with Gasteiger partial charge in [-0.05, 0) is 0 Å². The number of rotatable bonds is 5. The third kappa shape index (κ3) is 3.23. The molecule has 0 radical (unpaired) electrons. The first kappa shape index (κ1) is 15.5. The number of aliphatic hydroxyl groups is 1. The molecule has 116 valence electrons. The average Bonchev–Trinajstić information content (AvgIpc) is 2.50. The summed E-state index contributed by atoms with van der Waals surface area (Å²) in [7, 11) is 1.33. The second-order valence-electron chi connectivity index (χ2n) is 4.83. The fourth-order valence-corrected chi connectivity index (χ4v) is 2.53. The molecule has 0 amide bonds. The number of methoxy groups -OCH3 is 1. The summed E-state index contributed by atoms with van der Waals surface area (Å²) in [6, 6.07) is 1.96. The average molecular weight is 297 g/mol. The van der Waals surface area contributed by atoms with Gasteiger partial charge in [0.05, 0.1) is 30.7 Å². The largest absolute Gasteiger partial charge is 0.504 e. The summed E-state index contributed by atoms with van der Waals surface area (Å²) in [4.78, 5) is 12.4. The van der Waals surface area contributed by atoms with Crippen LogP contribution in [-0.2, 0) is 0 Å². The van der Waals surface area contributed by atoms with Crippen LogP contribution in [0, 0.1) is 10.1 Å². The van der Waals surface area contributed by atoms with Gasteiger partial charge in [-0.1, -0.05) is 0 Å². The molecule has 0 bridgehead atoms. The summed E-state index contributed by atoms with van der Waals surface area (Å²) in [5, 5.41) is 34.1. The Balaban J connectivity index is 2.43. The molecular weight excluding hydrogens is 278 g/mol. The molecule has 0 unspecified atom stereocenters. The quantitative estimate of drug-likeness (QED) is 0.528. The first-order chi connectivity index (χ1) is 10.1. The molecule has 0 saturated carbocycles. The Bertz CT molecular complexity index is 517. The van der Waals surface area contributed by atoms with E-state index in [0.717, 1.165) is 13.1 Å². The second kappa shape index (κ2) is 6.70. The number of nitrogens with zero attached hydrogens (tertiary/aromatic N) is 2. The van der Waals surface area contributed by atoms with Crippen molar-refractivity contribution in [1.29, 1.82) is 0 Å². The topological polar surface area (TPSA) is 108 Å². The fourth-order valence-electron chi connectivity index (χ4n) is 2.53. The lowest BCUT2D eigenvalue weighted by molar-refractivity contribution is -0.385. The maximum Gasteiger partial charge on any atom is 0.273 e. The van der Waals surface area contributed by atoms with Gasteiger partial charge in [0.25, 0.3) is 5.69 Å². The number of piperazine rings is 1. The molecule has 0 spiro atoms. The number of ether oxygens (including phenoxy) is 1. The Labute approximate surface area is 122 Å². The van der Waals surface area contributed by atoms with Crippen molar-refractivity contribution in [2.75, 3.05) is 39.9 Å². The van der Waals surface area contributed by atoms with Crippen molar-refractivity contribution in [1.82, 2.24) is 10.2 Å². The summed E-state index contributed by atoms with van der Waals surface area (Å²) >= 11 is 0. The molecular formula is C13H19N3O5. The van der Waals surface area contributed by atoms with Crippen molar-refractivity contribution in [2.45, 2.75) is 6.04 Å². The van der Waals surface area contributed by atoms with Gasteiger partial charge in [0, 0.05) is 37.8 Å². The molecule has 1 aromatic rings. The number of benzene rings is 1. The van der Waals surface area contributed by atoms with E-state index in [1.165, 1.54) is 19.2 Å². The Kier molecular flexibility index (Phi) is 4.94. The lowest BCUT2D eigenvalue weighted by atomic mass is 10.0. The van der Waals surface area contributed by atoms with Crippen LogP contribution in [0.5, 0.6) is 11.5 Å². The standard InChI is InChI=1S/C13H19N3O5/c1-21-12-7-9(16(19)20)6-10(13(12)18)11(8-17)15-4-2-14-3-5-15/h6-7,11,14,17-18H,2-5,8H2,1H3/t11-/m0/s1. The van der Waals surface area contributed by atoms with Crippen molar-refractivity contribution in [3.05, 3.63) is 27.8 Å². The summed E-state index contributed by atoms with van der Waals surface area (Å²) in [5.74, 6) is -0.131. The Hall–Kier alpha value is -1.90. The van der Waals surface area contributed by atoms with Crippen LogP contribution in [0.25, 0.3) is 0 Å². The minimum absolute atomic E-state index is 0.0350. The van der Waals surface area contributed by atoms with Gasteiger partial charge < -0.3 is 20.3 Å². The highest BCUT2D eigenvalue weighted by Gasteiger charge is 2.27. The van der Waals surface area contributed by atoms with E-state index < -0.39 is 11.0 Å². The van der Waals surface area contributed by atoms with Crippen LogP contribution in [0.1, 0.15) is 11.6 Å². The number of aliphatic hydroxyl groups excluding tert-OH is 1. The maximum absolute atomic E-state index is 11.0. The zero-order chi connectivity index (χ0) is 15.4. The fraction of sp³-hybridized carbons (Fsp3) is 0.538. The Morgan fingerprint density at radius 1 is 1.48 bits per heavy atom. The molecule has 1 heterocycles. The number of nitro groups is 1. The van der Waals surface area contributed by atoms with Crippen LogP contribution in [0.4, 0.5) is 5.69 Å². The van der Waals surface area contributed by atoms with Crippen LogP contribution in [0.15, 0.2) is 12.1 Å². The number of aromatic hydroxyl groups is 1. The normalized spacial score (nSPS) is 17.4. The zero-order valence-electron chi connectivity index (χ0n) is 11.8. The molecule has 1 fully saturated rings. The summed E-state index contributed by atoms with van der Waals surface area (Å²) < 4.78 is 4.99. The van der Waals surface area contributed by atoms with Crippen molar-refractivity contribution < 1.29 is 19.9 Å². The van der Waals surface area contributed by atoms with E-state index in [1.807, 2.05) is 4.90 Å². The maximum atomic E-state index is 11.0. The molecule has 21 heavy (non-hydrogen) atoms. The van der Waals surface area contributed by atoms with Crippen LogP contribution < -0.4 is 10.1 Å². The predicted octanol–water partition coefficient (Wildman–Crippen LogP) is 0.248. The number of nitrogens with one attached hydrogen (secondary N) is 1. The summed E-state index contributed by atoms with van der Waals surface area (Å²) in [6.07, 6.45) is 0. The van der Waals surface area contributed by atoms with E-state index in [-0.39, 0.29) is 23.8 Å². The van der Waals surface area contributed by atoms with Crippen LogP contribution in [-0.4, -0.2) is 59.9 Å². The van der Waals surface area contributed by atoms with Crippen LogP contribution in [0.3, 0.4) is 0 Å². The van der Waals surface area contributed by atoms with Gasteiger partial charge in [0.2, 0.25) is 0 Å². The van der Waals surface area contributed by atoms with Gasteiger partial charge in [0.1, 0.15) is 0 Å². The van der Waals surface area contributed by atoms with Crippen molar-refractivity contribution in [2.24, 2.45) is 0 Å². The van der Waals surface area contributed by atoms with Crippen molar-refractivity contribution >= 4 is 5.69 Å². The van der Waals surface area contributed by atoms with E-state index in [0.29, 0.717) is 18.7 Å². The number of hydrogen-bond acceptors (Lipinski definition) is 7. The second-order valence-corrected chi connectivity index (χ2v) is 4.83. The molecule has 0 aromatic heterocycles. The molecule has 3 N–H and O–H groups in total. The zero-order valence-corrected chi connectivity index (χ0v) is 11.8. The molecule has 1 aliphatic rings. The smallest absolute Gasteiger partial charge is 0.273 e.